The summed E-state index contributed by atoms with van der Waals surface area (Å²) < 4.78 is 2.61. The van der Waals surface area contributed by atoms with Gasteiger partial charge in [0.1, 0.15) is 0 Å². The van der Waals surface area contributed by atoms with Crippen molar-refractivity contribution in [2.45, 2.75) is 105 Å². The second-order valence-electron chi connectivity index (χ2n) is 25.5. The highest BCUT2D eigenvalue weighted by Gasteiger charge is 2.28. The fourth-order valence-electron chi connectivity index (χ4n) is 11.8. The molecule has 0 aliphatic heterocycles. The molecule has 1 heterocycles. The predicted molar refractivity (Wildman–Crippen MR) is 335 cm³/mol. The fourth-order valence-corrected chi connectivity index (χ4v) is 11.8. The molecule has 0 aliphatic carbocycles. The lowest BCUT2D eigenvalue weighted by molar-refractivity contribution is 0.590. The van der Waals surface area contributed by atoms with Gasteiger partial charge in [0.05, 0.1) is 28.1 Å². The van der Waals surface area contributed by atoms with Gasteiger partial charge in [0, 0.05) is 49.7 Å². The van der Waals surface area contributed by atoms with E-state index in [9.17, 15) is 0 Å². The molecule has 0 radical (unpaired) electrons. The van der Waals surface area contributed by atoms with Crippen molar-refractivity contribution in [1.82, 2.24) is 4.57 Å². The summed E-state index contributed by atoms with van der Waals surface area (Å²) in [6, 6.07) is 80.6. The Labute approximate surface area is 456 Å². The van der Waals surface area contributed by atoms with Gasteiger partial charge in [0.15, 0.2) is 0 Å². The van der Waals surface area contributed by atoms with Gasteiger partial charge < -0.3 is 14.4 Å². The Morgan fingerprint density at radius 2 is 0.558 bits per heavy atom. The highest BCUT2D eigenvalue weighted by atomic mass is 15.2. The first kappa shape index (κ1) is 49.7. The quantitative estimate of drug-likeness (QED) is 0.147. The van der Waals surface area contributed by atoms with Crippen LogP contribution in [0.3, 0.4) is 0 Å². The fraction of sp³-hybridized carbons (Fsp3) is 0.216. The zero-order valence-electron chi connectivity index (χ0n) is 47.0. The maximum Gasteiger partial charge on any atom is 0.0568 e. The molecule has 3 nitrogen and oxygen atoms in total. The van der Waals surface area contributed by atoms with Gasteiger partial charge in [0.25, 0.3) is 0 Å². The highest BCUT2D eigenvalue weighted by molar-refractivity contribution is 6.32. The lowest BCUT2D eigenvalue weighted by Gasteiger charge is -2.29. The molecule has 1 aromatic heterocycles. The van der Waals surface area contributed by atoms with Gasteiger partial charge in [-0.1, -0.05) is 229 Å². The van der Waals surface area contributed by atoms with E-state index in [4.69, 9.17) is 0 Å². The van der Waals surface area contributed by atoms with Crippen molar-refractivity contribution in [2.24, 2.45) is 0 Å². The summed E-state index contributed by atoms with van der Waals surface area (Å²) in [6.45, 7) is 27.5. The Morgan fingerprint density at radius 3 is 0.896 bits per heavy atom. The number of nitrogens with zero attached hydrogens (tertiary/aromatic N) is 3. The molecular weight excluding hydrogens is 931 g/mol. The van der Waals surface area contributed by atoms with E-state index in [1.165, 1.54) is 76.1 Å². The number of fused-ring (bicyclic) bond motifs is 10. The van der Waals surface area contributed by atoms with Crippen LogP contribution >= 0.6 is 0 Å². The van der Waals surface area contributed by atoms with Crippen LogP contribution in [0.15, 0.2) is 212 Å². The Morgan fingerprint density at radius 1 is 0.273 bits per heavy atom. The molecule has 77 heavy (non-hydrogen) atoms. The molecule has 0 saturated heterocycles. The number of rotatable bonds is 7. The molecule has 11 aromatic carbocycles. The molecule has 0 unspecified atom stereocenters. The summed E-state index contributed by atoms with van der Waals surface area (Å²) in [7, 11) is 0. The van der Waals surface area contributed by atoms with Crippen LogP contribution < -0.4 is 9.80 Å². The van der Waals surface area contributed by atoms with E-state index in [1.54, 1.807) is 0 Å². The zero-order chi connectivity index (χ0) is 53.8. The molecule has 0 saturated carbocycles. The van der Waals surface area contributed by atoms with E-state index in [0.717, 1.165) is 50.8 Å². The van der Waals surface area contributed by atoms with Gasteiger partial charge in [-0.2, -0.15) is 0 Å². The minimum absolute atomic E-state index is 0.00978. The van der Waals surface area contributed by atoms with Gasteiger partial charge >= 0.3 is 0 Å². The van der Waals surface area contributed by atoms with Crippen LogP contribution in [-0.4, -0.2) is 4.57 Å². The maximum atomic E-state index is 2.61. The van der Waals surface area contributed by atoms with Crippen molar-refractivity contribution < 1.29 is 0 Å². The van der Waals surface area contributed by atoms with Crippen LogP contribution in [0, 0.1) is 0 Å². The van der Waals surface area contributed by atoms with Crippen molar-refractivity contribution in [3.8, 4) is 5.69 Å². The molecule has 0 fully saturated rings. The highest BCUT2D eigenvalue weighted by Crippen LogP contribution is 2.51. The molecule has 382 valence electrons. The van der Waals surface area contributed by atoms with Gasteiger partial charge in [-0.05, 0) is 138 Å². The summed E-state index contributed by atoms with van der Waals surface area (Å²) in [5, 5.41) is 12.2. The number of aromatic nitrogens is 1. The van der Waals surface area contributed by atoms with E-state index in [1.807, 2.05) is 0 Å². The van der Waals surface area contributed by atoms with Crippen LogP contribution in [0.2, 0.25) is 0 Å². The number of hydrogen-bond acceptors (Lipinski definition) is 2. The first-order valence-corrected chi connectivity index (χ1v) is 27.6. The summed E-state index contributed by atoms with van der Waals surface area (Å²) in [5.74, 6) is 0. The minimum atomic E-state index is 0.00978. The van der Waals surface area contributed by atoms with Crippen LogP contribution in [0.5, 0.6) is 0 Å². The smallest absolute Gasteiger partial charge is 0.0568 e. The lowest BCUT2D eigenvalue weighted by atomic mass is 9.86. The Bertz CT molecular complexity index is 3870. The summed E-state index contributed by atoms with van der Waals surface area (Å²) in [4.78, 5) is 4.99. The Balaban J connectivity index is 1.25. The normalized spacial score (nSPS) is 12.7. The maximum absolute atomic E-state index is 2.61. The minimum Gasteiger partial charge on any atom is -0.310 e. The van der Waals surface area contributed by atoms with Crippen LogP contribution in [0.4, 0.5) is 34.1 Å². The van der Waals surface area contributed by atoms with Crippen molar-refractivity contribution in [1.29, 1.82) is 0 Å². The molecule has 0 atom stereocenters. The van der Waals surface area contributed by atoms with Crippen molar-refractivity contribution in [2.75, 3.05) is 9.80 Å². The lowest BCUT2D eigenvalue weighted by Crippen LogP contribution is -2.15. The molecule has 0 N–H and O–H groups in total. The SMILES string of the molecule is CC(C)(C)c1ccc(N(c2ccc(C(C)(C)C)cc2)c2cc3c(c4ccccc24)c2c4ccccc4c(N(c4ccc(C(C)(C)C)cc4)c4ccc(C(C)(C)C)cc4)cc2n3-c2cc3ccccc3c3ccccc23)cc1. The standard InChI is InChI=1S/C74H71N3/c1-71(2,3)49-29-37-53(38-30-49)75(54-39-31-50(32-40-54)72(4,5)6)65-46-67-69(62-27-19-17-25-60(62)65)70-63-28-20-18-26-61(63)66(47-68(70)77(67)64-45-48-21-13-14-22-57(48)58-23-15-16-24-59(58)64)76(55-41-33-51(34-42-55)73(7,8)9)56-43-35-52(36-44-56)74(10,11)12/h13-47H,1-12H3. The van der Waals surface area contributed by atoms with Crippen molar-refractivity contribution >= 4 is 99.0 Å². The molecule has 3 heteroatoms. The third-order valence-electron chi connectivity index (χ3n) is 16.2. The molecule has 0 amide bonds. The van der Waals surface area contributed by atoms with E-state index in [0.29, 0.717) is 0 Å². The molecule has 0 spiro atoms. The molecule has 12 aromatic rings. The van der Waals surface area contributed by atoms with Crippen LogP contribution in [0.1, 0.15) is 105 Å². The van der Waals surface area contributed by atoms with Crippen LogP contribution in [-0.2, 0) is 21.7 Å². The monoisotopic (exact) mass is 1000 g/mol. The predicted octanol–water partition coefficient (Wildman–Crippen LogP) is 21.5. The number of benzene rings is 11. The second-order valence-corrected chi connectivity index (χ2v) is 25.5. The molecule has 0 aliphatic rings. The first-order chi connectivity index (χ1) is 36.7. The third-order valence-corrected chi connectivity index (χ3v) is 16.2. The van der Waals surface area contributed by atoms with E-state index < -0.39 is 0 Å². The van der Waals surface area contributed by atoms with Crippen LogP contribution in [0.25, 0.3) is 70.6 Å². The van der Waals surface area contributed by atoms with Gasteiger partial charge in [-0.15, -0.1) is 0 Å². The summed E-state index contributed by atoms with van der Waals surface area (Å²) in [5.41, 5.74) is 15.4. The van der Waals surface area contributed by atoms with E-state index in [2.05, 4.69) is 310 Å². The summed E-state index contributed by atoms with van der Waals surface area (Å²) in [6.07, 6.45) is 0. The Kier molecular flexibility index (Phi) is 11.8. The first-order valence-electron chi connectivity index (χ1n) is 27.6. The van der Waals surface area contributed by atoms with Crippen molar-refractivity contribution in [3.63, 3.8) is 0 Å². The molecule has 12 rings (SSSR count). The molecule has 0 bridgehead atoms. The third kappa shape index (κ3) is 8.71. The van der Waals surface area contributed by atoms with Gasteiger partial charge in [-0.3, -0.25) is 0 Å². The topological polar surface area (TPSA) is 11.4 Å². The zero-order valence-corrected chi connectivity index (χ0v) is 47.0. The molecular formula is C74H71N3. The average Bonchev–Trinajstić information content (AvgIpc) is 3.74. The second kappa shape index (κ2) is 18.3. The summed E-state index contributed by atoms with van der Waals surface area (Å²) >= 11 is 0. The van der Waals surface area contributed by atoms with E-state index >= 15 is 0 Å². The Hall–Kier alpha value is -8.14. The average molecular weight is 1000 g/mol. The largest absolute Gasteiger partial charge is 0.310 e. The van der Waals surface area contributed by atoms with Gasteiger partial charge in [-0.25, -0.2) is 0 Å². The van der Waals surface area contributed by atoms with Crippen molar-refractivity contribution in [3.05, 3.63) is 235 Å². The number of hydrogen-bond donors (Lipinski definition) is 0. The van der Waals surface area contributed by atoms with Gasteiger partial charge in [0.2, 0.25) is 0 Å². The number of anilines is 6. The van der Waals surface area contributed by atoms with E-state index in [-0.39, 0.29) is 21.7 Å².